The number of carbonyl (C=O) groups excluding carboxylic acids is 1. The van der Waals surface area contributed by atoms with E-state index in [1.54, 1.807) is 4.90 Å². The van der Waals surface area contributed by atoms with E-state index in [2.05, 4.69) is 0 Å². The molecule has 1 aliphatic carbocycles. The van der Waals surface area contributed by atoms with Crippen LogP contribution < -0.4 is 4.90 Å². The summed E-state index contributed by atoms with van der Waals surface area (Å²) in [5.74, 6) is -0.739. The van der Waals surface area contributed by atoms with Crippen LogP contribution in [0.15, 0.2) is 18.2 Å². The Morgan fingerprint density at radius 3 is 2.83 bits per heavy atom. The Hall–Kier alpha value is -2.25. The third-order valence-corrected chi connectivity index (χ3v) is 4.94. The number of benzene rings is 1. The Balaban J connectivity index is 1.91. The number of piperidine rings is 1. The van der Waals surface area contributed by atoms with Crippen molar-refractivity contribution in [2.75, 3.05) is 25.1 Å². The summed E-state index contributed by atoms with van der Waals surface area (Å²) in [7, 11) is 1.23. The second-order valence-electron chi connectivity index (χ2n) is 6.08. The molecule has 0 radical (unpaired) electrons. The first-order valence-electron chi connectivity index (χ1n) is 7.29. The number of non-ortho nitro benzene ring substituents is 1. The molecule has 1 saturated carbocycles. The van der Waals surface area contributed by atoms with Crippen LogP contribution in [0.2, 0.25) is 0 Å². The third kappa shape index (κ3) is 2.51. The van der Waals surface area contributed by atoms with Crippen molar-refractivity contribution in [3.63, 3.8) is 0 Å². The van der Waals surface area contributed by atoms with Crippen LogP contribution in [-0.2, 0) is 4.74 Å². The van der Waals surface area contributed by atoms with Crippen LogP contribution in [0.25, 0.3) is 0 Å². The Morgan fingerprint density at radius 1 is 1.52 bits per heavy atom. The topological polar surface area (TPSA) is 72.7 Å². The van der Waals surface area contributed by atoms with Crippen molar-refractivity contribution < 1.29 is 23.2 Å². The number of esters is 1. The fourth-order valence-corrected chi connectivity index (χ4v) is 3.43. The monoisotopic (exact) mass is 326 g/mol. The second-order valence-corrected chi connectivity index (χ2v) is 6.08. The highest BCUT2D eigenvalue weighted by molar-refractivity contribution is 5.96. The summed E-state index contributed by atoms with van der Waals surface area (Å²) in [5.41, 5.74) is -0.457. The lowest BCUT2D eigenvalue weighted by Crippen LogP contribution is -2.38. The van der Waals surface area contributed by atoms with Gasteiger partial charge in [0.1, 0.15) is 0 Å². The molecule has 1 saturated heterocycles. The first-order chi connectivity index (χ1) is 10.9. The van der Waals surface area contributed by atoms with Gasteiger partial charge in [-0.25, -0.2) is 13.6 Å². The Kier molecular flexibility index (Phi) is 3.69. The van der Waals surface area contributed by atoms with Gasteiger partial charge in [0.05, 0.1) is 23.3 Å². The molecule has 2 fully saturated rings. The number of carbonyl (C=O) groups is 1. The van der Waals surface area contributed by atoms with Crippen molar-refractivity contribution in [1.82, 2.24) is 0 Å². The summed E-state index contributed by atoms with van der Waals surface area (Å²) in [6.07, 6.45) is -1.57. The molecule has 0 spiro atoms. The standard InChI is InChI=1S/C15H16F2N2O4/c1-23-13(20)11-3-2-10(19(21)22)6-12(11)18-5-4-15(14(16)17)7-9(15)8-18/h2-3,6,9,14H,4-5,7-8H2,1H3/t9-,15+/m0/s1. The van der Waals surface area contributed by atoms with Gasteiger partial charge in [0, 0.05) is 30.6 Å². The SMILES string of the molecule is COC(=O)c1ccc([N+](=O)[O-])cc1N1CC[C@@]2(C(F)F)C[C@H]2C1. The number of nitro groups is 1. The zero-order valence-corrected chi connectivity index (χ0v) is 12.5. The van der Waals surface area contributed by atoms with Gasteiger partial charge in [-0.1, -0.05) is 0 Å². The van der Waals surface area contributed by atoms with Gasteiger partial charge >= 0.3 is 5.97 Å². The number of nitro benzene ring substituents is 1. The lowest BCUT2D eigenvalue weighted by atomic mass is 9.95. The van der Waals surface area contributed by atoms with Crippen LogP contribution in [0.5, 0.6) is 0 Å². The summed E-state index contributed by atoms with van der Waals surface area (Å²) in [5, 5.41) is 11.0. The molecule has 0 unspecified atom stereocenters. The number of rotatable bonds is 4. The summed E-state index contributed by atoms with van der Waals surface area (Å²) < 4.78 is 31.0. The van der Waals surface area contributed by atoms with E-state index in [4.69, 9.17) is 4.74 Å². The van der Waals surface area contributed by atoms with E-state index in [1.165, 1.54) is 25.3 Å². The van der Waals surface area contributed by atoms with E-state index >= 15 is 0 Å². The second kappa shape index (κ2) is 5.43. The zero-order valence-electron chi connectivity index (χ0n) is 12.5. The molecule has 23 heavy (non-hydrogen) atoms. The molecule has 2 aliphatic rings. The lowest BCUT2D eigenvalue weighted by Gasteiger charge is -2.33. The largest absolute Gasteiger partial charge is 0.465 e. The van der Waals surface area contributed by atoms with Crippen molar-refractivity contribution in [2.24, 2.45) is 11.3 Å². The molecule has 0 N–H and O–H groups in total. The maximum absolute atomic E-state index is 13.1. The number of ether oxygens (including phenoxy) is 1. The van der Waals surface area contributed by atoms with Gasteiger partial charge in [-0.15, -0.1) is 0 Å². The highest BCUT2D eigenvalue weighted by Crippen LogP contribution is 2.61. The molecule has 3 rings (SSSR count). The average Bonchev–Trinajstić information content (AvgIpc) is 3.28. The quantitative estimate of drug-likeness (QED) is 0.483. The molecular formula is C15H16F2N2O4. The molecule has 0 bridgehead atoms. The molecule has 1 aromatic rings. The molecule has 1 aliphatic heterocycles. The molecule has 124 valence electrons. The number of hydrogen-bond acceptors (Lipinski definition) is 5. The lowest BCUT2D eigenvalue weighted by molar-refractivity contribution is -0.384. The Bertz CT molecular complexity index is 667. The molecule has 2 atom stereocenters. The van der Waals surface area contributed by atoms with Crippen LogP contribution in [0.3, 0.4) is 0 Å². The first kappa shape index (κ1) is 15.6. The van der Waals surface area contributed by atoms with Crippen molar-refractivity contribution in [3.8, 4) is 0 Å². The molecular weight excluding hydrogens is 310 g/mol. The van der Waals surface area contributed by atoms with Crippen molar-refractivity contribution >= 4 is 17.3 Å². The number of methoxy groups -OCH3 is 1. The predicted octanol–water partition coefficient (Wildman–Crippen LogP) is 2.86. The highest BCUT2D eigenvalue weighted by atomic mass is 19.3. The maximum atomic E-state index is 13.1. The average molecular weight is 326 g/mol. The fourth-order valence-electron chi connectivity index (χ4n) is 3.43. The van der Waals surface area contributed by atoms with Gasteiger partial charge in [-0.3, -0.25) is 10.1 Å². The molecule has 0 aromatic heterocycles. The van der Waals surface area contributed by atoms with Gasteiger partial charge < -0.3 is 9.64 Å². The van der Waals surface area contributed by atoms with E-state index in [1.807, 2.05) is 0 Å². The Morgan fingerprint density at radius 2 is 2.26 bits per heavy atom. The molecule has 1 heterocycles. The number of halogens is 2. The van der Waals surface area contributed by atoms with E-state index in [9.17, 15) is 23.7 Å². The normalized spacial score (nSPS) is 25.9. The molecule has 6 nitrogen and oxygen atoms in total. The van der Waals surface area contributed by atoms with Crippen LogP contribution in [-0.4, -0.2) is 37.5 Å². The van der Waals surface area contributed by atoms with E-state index in [0.717, 1.165) is 0 Å². The molecule has 1 aromatic carbocycles. The van der Waals surface area contributed by atoms with Gasteiger partial charge in [0.2, 0.25) is 6.43 Å². The number of alkyl halides is 2. The number of fused-ring (bicyclic) bond motifs is 1. The van der Waals surface area contributed by atoms with Crippen LogP contribution in [0.1, 0.15) is 23.2 Å². The summed E-state index contributed by atoms with van der Waals surface area (Å²) in [4.78, 5) is 24.1. The zero-order chi connectivity index (χ0) is 16.8. The fraction of sp³-hybridized carbons (Fsp3) is 0.533. The minimum Gasteiger partial charge on any atom is -0.465 e. The van der Waals surface area contributed by atoms with E-state index < -0.39 is 22.7 Å². The van der Waals surface area contributed by atoms with E-state index in [-0.39, 0.29) is 17.2 Å². The minimum atomic E-state index is -2.35. The van der Waals surface area contributed by atoms with Gasteiger partial charge in [0.25, 0.3) is 5.69 Å². The van der Waals surface area contributed by atoms with Crippen molar-refractivity contribution in [3.05, 3.63) is 33.9 Å². The maximum Gasteiger partial charge on any atom is 0.339 e. The summed E-state index contributed by atoms with van der Waals surface area (Å²) in [6, 6.07) is 3.89. The Labute approximate surface area is 131 Å². The first-order valence-corrected chi connectivity index (χ1v) is 7.29. The minimum absolute atomic E-state index is 0.138. The summed E-state index contributed by atoms with van der Waals surface area (Å²) in [6.45, 7) is 0.710. The van der Waals surface area contributed by atoms with Gasteiger partial charge in [-0.05, 0) is 24.8 Å². The molecule has 0 amide bonds. The highest BCUT2D eigenvalue weighted by Gasteiger charge is 2.62. The predicted molar refractivity (Wildman–Crippen MR) is 77.8 cm³/mol. The number of hydrogen-bond donors (Lipinski definition) is 0. The van der Waals surface area contributed by atoms with E-state index in [0.29, 0.717) is 31.6 Å². The van der Waals surface area contributed by atoms with Crippen LogP contribution in [0, 0.1) is 21.4 Å². The molecule has 8 heteroatoms. The van der Waals surface area contributed by atoms with Crippen LogP contribution >= 0.6 is 0 Å². The van der Waals surface area contributed by atoms with Crippen LogP contribution in [0.4, 0.5) is 20.2 Å². The van der Waals surface area contributed by atoms with Crippen molar-refractivity contribution in [1.29, 1.82) is 0 Å². The number of anilines is 1. The van der Waals surface area contributed by atoms with Gasteiger partial charge in [-0.2, -0.15) is 0 Å². The van der Waals surface area contributed by atoms with Crippen molar-refractivity contribution in [2.45, 2.75) is 19.3 Å². The van der Waals surface area contributed by atoms with Gasteiger partial charge in [0.15, 0.2) is 0 Å². The number of nitrogens with zero attached hydrogens (tertiary/aromatic N) is 2. The smallest absolute Gasteiger partial charge is 0.339 e. The summed E-state index contributed by atoms with van der Waals surface area (Å²) >= 11 is 0. The third-order valence-electron chi connectivity index (χ3n) is 4.94.